The van der Waals surface area contributed by atoms with Crippen LogP contribution in [-0.2, 0) is 0 Å². The van der Waals surface area contributed by atoms with Gasteiger partial charge in [0.05, 0.1) is 10.8 Å². The summed E-state index contributed by atoms with van der Waals surface area (Å²) >= 11 is 9.28. The van der Waals surface area contributed by atoms with Gasteiger partial charge in [-0.15, -0.1) is 47.5 Å². The Morgan fingerprint density at radius 3 is 1.64 bits per heavy atom. The van der Waals surface area contributed by atoms with Crippen molar-refractivity contribution < 1.29 is 9.59 Å². The predicted octanol–water partition coefficient (Wildman–Crippen LogP) is 9.69. The number of nitrogens with one attached hydrogen (secondary N) is 1. The summed E-state index contributed by atoms with van der Waals surface area (Å²) in [6.07, 6.45) is 12.8. The summed E-state index contributed by atoms with van der Waals surface area (Å²) in [5.41, 5.74) is 7.19. The van der Waals surface area contributed by atoms with Crippen molar-refractivity contribution in [1.29, 1.82) is 0 Å². The zero-order valence-electron chi connectivity index (χ0n) is 32.2. The topological polar surface area (TPSA) is 130 Å². The number of hydrogen-bond acceptors (Lipinski definition) is 12. The molecule has 3 N–H and O–H groups in total. The van der Waals surface area contributed by atoms with Crippen molar-refractivity contribution in [2.24, 2.45) is 5.73 Å². The molecule has 0 saturated heterocycles. The lowest BCUT2D eigenvalue weighted by molar-refractivity contribution is 0.100. The second-order valence-corrected chi connectivity index (χ2v) is 17.1. The Morgan fingerprint density at radius 1 is 0.691 bits per heavy atom. The highest BCUT2D eigenvalue weighted by Crippen LogP contribution is 2.38. The van der Waals surface area contributed by atoms with Gasteiger partial charge in [0.1, 0.15) is 33.3 Å². The van der Waals surface area contributed by atoms with Gasteiger partial charge in [0, 0.05) is 55.5 Å². The number of thiophene rings is 2. The number of fused-ring (bicyclic) bond motifs is 6. The maximum Gasteiger partial charge on any atom is 0.159 e. The fourth-order valence-corrected chi connectivity index (χ4v) is 9.61. The zero-order valence-corrected chi connectivity index (χ0v) is 36.2. The van der Waals surface area contributed by atoms with Crippen molar-refractivity contribution in [2.75, 3.05) is 33.5 Å². The van der Waals surface area contributed by atoms with Crippen molar-refractivity contribution >= 4 is 117 Å². The van der Waals surface area contributed by atoms with E-state index in [0.717, 1.165) is 70.9 Å². The maximum absolute atomic E-state index is 11.8. The zero-order chi connectivity index (χ0) is 37.8. The number of Topliss-reactive ketones (excluding diaryl/α,β-unsaturated/α-hetero) is 2. The van der Waals surface area contributed by atoms with E-state index in [1.165, 1.54) is 44.9 Å². The van der Waals surface area contributed by atoms with E-state index >= 15 is 0 Å². The van der Waals surface area contributed by atoms with Gasteiger partial charge in [-0.2, -0.15) is 0 Å². The number of nitrogens with zero attached hydrogens (tertiary/aromatic N) is 6. The molecule has 0 spiro atoms. The maximum atomic E-state index is 11.8. The Labute approximate surface area is 348 Å². The van der Waals surface area contributed by atoms with Crippen molar-refractivity contribution in [2.45, 2.75) is 89.4 Å². The minimum atomic E-state index is 0. The minimum Gasteiger partial charge on any atom is -0.367 e. The predicted molar refractivity (Wildman–Crippen MR) is 237 cm³/mol. The number of benzene rings is 2. The van der Waals surface area contributed by atoms with Crippen LogP contribution in [0, 0.1) is 0 Å². The van der Waals surface area contributed by atoms with Gasteiger partial charge in [-0.3, -0.25) is 9.59 Å². The first-order valence-electron chi connectivity index (χ1n) is 18.3. The number of rotatable bonds is 6. The highest BCUT2D eigenvalue weighted by atomic mass is 35.5. The van der Waals surface area contributed by atoms with E-state index in [1.54, 1.807) is 42.8 Å². The van der Waals surface area contributed by atoms with Gasteiger partial charge >= 0.3 is 0 Å². The van der Waals surface area contributed by atoms with Crippen molar-refractivity contribution in [1.82, 2.24) is 29.7 Å². The van der Waals surface area contributed by atoms with Gasteiger partial charge in [-0.05, 0) is 130 Å². The fourth-order valence-electron chi connectivity index (χ4n) is 7.27. The van der Waals surface area contributed by atoms with Gasteiger partial charge in [0.25, 0.3) is 0 Å². The molecular formula is C40H51Cl3N8O2S2. The lowest BCUT2D eigenvalue weighted by Crippen LogP contribution is -2.36. The number of anilines is 1. The van der Waals surface area contributed by atoms with Crippen molar-refractivity contribution in [3.8, 4) is 0 Å². The van der Waals surface area contributed by atoms with Crippen LogP contribution in [0.3, 0.4) is 0 Å². The summed E-state index contributed by atoms with van der Waals surface area (Å²) in [7, 11) is 8.63. The van der Waals surface area contributed by atoms with Crippen LogP contribution in [0.4, 0.5) is 5.82 Å². The van der Waals surface area contributed by atoms with Gasteiger partial charge < -0.3 is 20.9 Å². The Morgan fingerprint density at radius 2 is 1.15 bits per heavy atom. The molecule has 2 aliphatic carbocycles. The number of carbonyl (C=O) groups excluding carboxylic acids is 2. The third-order valence-electron chi connectivity index (χ3n) is 10.5. The molecule has 6 aromatic rings. The van der Waals surface area contributed by atoms with Crippen LogP contribution in [0.25, 0.3) is 40.6 Å². The van der Waals surface area contributed by atoms with E-state index in [2.05, 4.69) is 63.2 Å². The lowest BCUT2D eigenvalue weighted by Gasteiger charge is -2.33. The first-order valence-corrected chi connectivity index (χ1v) is 20.3. The van der Waals surface area contributed by atoms with Gasteiger partial charge in [-0.25, -0.2) is 19.9 Å². The van der Waals surface area contributed by atoms with E-state index < -0.39 is 0 Å². The Kier molecular flexibility index (Phi) is 16.1. The van der Waals surface area contributed by atoms with Crippen LogP contribution < -0.4 is 11.1 Å². The van der Waals surface area contributed by atoms with Crippen molar-refractivity contribution in [3.63, 3.8) is 0 Å². The third kappa shape index (κ3) is 10.7. The average Bonchev–Trinajstić information content (AvgIpc) is 3.71. The van der Waals surface area contributed by atoms with Crippen LogP contribution >= 0.6 is 59.1 Å². The quantitative estimate of drug-likeness (QED) is 0.124. The van der Waals surface area contributed by atoms with Gasteiger partial charge in [0.15, 0.2) is 11.6 Å². The molecule has 0 unspecified atom stereocenters. The fraction of sp³-hybridized carbons (Fsp3) is 0.450. The molecule has 0 bridgehead atoms. The average molecular weight is 846 g/mol. The minimum absolute atomic E-state index is 0. The summed E-state index contributed by atoms with van der Waals surface area (Å²) < 4.78 is 2.21. The van der Waals surface area contributed by atoms with Gasteiger partial charge in [0.2, 0.25) is 0 Å². The summed E-state index contributed by atoms with van der Waals surface area (Å²) in [6, 6.07) is 13.9. The summed E-state index contributed by atoms with van der Waals surface area (Å²) in [5.74, 6) is 1.02. The molecule has 4 aromatic heterocycles. The van der Waals surface area contributed by atoms with Crippen molar-refractivity contribution in [3.05, 3.63) is 65.3 Å². The highest BCUT2D eigenvalue weighted by molar-refractivity contribution is 7.26. The number of halogens is 3. The van der Waals surface area contributed by atoms with Crippen LogP contribution in [0.15, 0.2) is 49.1 Å². The molecule has 4 heterocycles. The molecule has 0 radical (unpaired) electrons. The third-order valence-corrected chi connectivity index (χ3v) is 13.0. The first-order chi connectivity index (χ1) is 25.4. The van der Waals surface area contributed by atoms with Crippen LogP contribution in [0.1, 0.15) is 85.9 Å². The molecular weight excluding hydrogens is 795 g/mol. The number of nitrogens with two attached hydrogens (primary N) is 1. The SMILES string of the molecule is CC(=O)c1ccc2sc3ncnc(Cl)c3c2c1.CC(=O)c1ccc2sc3ncnc(NC4CCC(N(C)C)CC4)c3c2c1.CN(C)C1CCC(N)CC1.Cl.Cl. The molecule has 0 amide bonds. The van der Waals surface area contributed by atoms with Crippen LogP contribution in [-0.4, -0.2) is 93.7 Å². The second kappa shape index (κ2) is 19.9. The standard InChI is InChI=1S/C20H24N4OS.C12H7ClN2OS.C8H18N2.2ClH/c1-12(25)13-4-9-17-16(10-13)18-19(21-11-22-20(18)26-17)23-14-5-7-15(8-6-14)24(2)3;1-6(16)7-2-3-9-8(4-7)10-11(13)14-5-15-12(10)17-9;1-10(2)8-5-3-7(9)4-6-8;;/h4,9-11,14-15H,5-8H2,1-3H3,(H,21,22,23);2-5H,1H3;7-8H,3-6,9H2,1-2H3;2*1H. The number of aromatic nitrogens is 4. The summed E-state index contributed by atoms with van der Waals surface area (Å²) in [6.45, 7) is 3.16. The molecule has 296 valence electrons. The molecule has 8 rings (SSSR count). The Bertz CT molecular complexity index is 2230. The largest absolute Gasteiger partial charge is 0.367 e. The Hall–Kier alpha value is -3.07. The molecule has 15 heteroatoms. The highest BCUT2D eigenvalue weighted by Gasteiger charge is 2.24. The molecule has 2 fully saturated rings. The van der Waals surface area contributed by atoms with Crippen LogP contribution in [0.2, 0.25) is 5.15 Å². The van der Waals surface area contributed by atoms with Gasteiger partial charge in [-0.1, -0.05) is 11.6 Å². The first kappa shape index (κ1) is 44.6. The summed E-state index contributed by atoms with van der Waals surface area (Å²) in [5, 5.41) is 7.99. The molecule has 55 heavy (non-hydrogen) atoms. The molecule has 0 atom stereocenters. The Balaban J connectivity index is 0.000000200. The molecule has 0 aliphatic heterocycles. The monoisotopic (exact) mass is 844 g/mol. The molecule has 2 aromatic carbocycles. The number of carbonyl (C=O) groups is 2. The van der Waals surface area contributed by atoms with E-state index in [-0.39, 0.29) is 36.4 Å². The molecule has 2 aliphatic rings. The van der Waals surface area contributed by atoms with E-state index in [4.69, 9.17) is 17.3 Å². The van der Waals surface area contributed by atoms with E-state index in [9.17, 15) is 9.59 Å². The molecule has 2 saturated carbocycles. The number of ketones is 2. The smallest absolute Gasteiger partial charge is 0.159 e. The number of hydrogen-bond donors (Lipinski definition) is 2. The summed E-state index contributed by atoms with van der Waals surface area (Å²) in [4.78, 5) is 46.8. The second-order valence-electron chi connectivity index (χ2n) is 14.6. The normalized spacial score (nSPS) is 19.6. The van der Waals surface area contributed by atoms with E-state index in [0.29, 0.717) is 28.8 Å². The van der Waals surface area contributed by atoms with E-state index in [1.807, 2.05) is 36.4 Å². The van der Waals surface area contributed by atoms with Crippen LogP contribution in [0.5, 0.6) is 0 Å². The lowest BCUT2D eigenvalue weighted by atomic mass is 9.90. The molecule has 10 nitrogen and oxygen atoms in total.